The molecule has 0 N–H and O–H groups in total. The summed E-state index contributed by atoms with van der Waals surface area (Å²) in [6, 6.07) is 72.1. The Morgan fingerprint density at radius 1 is 0.364 bits per heavy atom. The van der Waals surface area contributed by atoms with Crippen LogP contribution in [0.4, 0.5) is 17.1 Å². The Balaban J connectivity index is 1.16. The zero-order valence-corrected chi connectivity index (χ0v) is 30.6. The van der Waals surface area contributed by atoms with Crippen molar-refractivity contribution in [2.24, 2.45) is 0 Å². The van der Waals surface area contributed by atoms with Crippen LogP contribution in [-0.2, 0) is 0 Å². The molecule has 0 atom stereocenters. The lowest BCUT2D eigenvalue weighted by atomic mass is 9.96. The van der Waals surface area contributed by atoms with Crippen LogP contribution in [0.25, 0.3) is 86.3 Å². The van der Waals surface area contributed by atoms with Gasteiger partial charge in [-0.1, -0.05) is 152 Å². The molecule has 0 aliphatic heterocycles. The van der Waals surface area contributed by atoms with Crippen molar-refractivity contribution in [2.45, 2.75) is 0 Å². The number of anilines is 3. The van der Waals surface area contributed by atoms with Gasteiger partial charge in [-0.15, -0.1) is 11.3 Å². The first-order chi connectivity index (χ1) is 27.3. The minimum Gasteiger partial charge on any atom is -0.454 e. The fourth-order valence-electron chi connectivity index (χ4n) is 8.18. The molecule has 0 unspecified atom stereocenters. The second-order valence-corrected chi connectivity index (χ2v) is 15.1. The van der Waals surface area contributed by atoms with Gasteiger partial charge in [0.2, 0.25) is 0 Å². The number of hydrogen-bond acceptors (Lipinski definition) is 3. The Kier molecular flexibility index (Phi) is 7.39. The highest BCUT2D eigenvalue weighted by Crippen LogP contribution is 2.50. The number of thiophene rings is 1. The SMILES string of the molecule is c1ccc(-c2cc(-c3ccccc3)c3sc4c(N(c5ccc(-c6ccc7ccccc7c6)cc5)c5cccc6c5oc5ccccc56)cccc4c3c2)cc1. The van der Waals surface area contributed by atoms with E-state index in [1.807, 2.05) is 17.4 Å². The molecule has 0 aliphatic rings. The average Bonchev–Trinajstić information content (AvgIpc) is 3.84. The van der Waals surface area contributed by atoms with Crippen LogP contribution in [0.3, 0.4) is 0 Å². The van der Waals surface area contributed by atoms with Gasteiger partial charge in [-0.3, -0.25) is 0 Å². The largest absolute Gasteiger partial charge is 0.454 e. The van der Waals surface area contributed by atoms with Crippen LogP contribution in [0.5, 0.6) is 0 Å². The van der Waals surface area contributed by atoms with Gasteiger partial charge in [0.25, 0.3) is 0 Å². The molecule has 0 radical (unpaired) electrons. The molecule has 0 spiro atoms. The van der Waals surface area contributed by atoms with Crippen LogP contribution < -0.4 is 4.90 Å². The molecular weight excluding hydrogens is 687 g/mol. The summed E-state index contributed by atoms with van der Waals surface area (Å²) in [6.45, 7) is 0. The first-order valence-electron chi connectivity index (χ1n) is 18.7. The molecule has 11 rings (SSSR count). The second kappa shape index (κ2) is 12.9. The molecular formula is C52H33NOS. The van der Waals surface area contributed by atoms with Crippen LogP contribution in [0.2, 0.25) is 0 Å². The van der Waals surface area contributed by atoms with E-state index in [9.17, 15) is 0 Å². The van der Waals surface area contributed by atoms with E-state index >= 15 is 0 Å². The molecule has 0 bridgehead atoms. The monoisotopic (exact) mass is 719 g/mol. The fraction of sp³-hybridized carbons (Fsp3) is 0. The van der Waals surface area contributed by atoms with Crippen molar-refractivity contribution < 1.29 is 4.42 Å². The van der Waals surface area contributed by atoms with E-state index in [1.165, 1.54) is 64.3 Å². The summed E-state index contributed by atoms with van der Waals surface area (Å²) in [5, 5.41) is 7.21. The molecule has 0 aliphatic carbocycles. The molecule has 2 nitrogen and oxygen atoms in total. The lowest BCUT2D eigenvalue weighted by molar-refractivity contribution is 0.669. The van der Waals surface area contributed by atoms with E-state index in [0.717, 1.165) is 39.0 Å². The van der Waals surface area contributed by atoms with Crippen LogP contribution in [0, 0.1) is 0 Å². The summed E-state index contributed by atoms with van der Waals surface area (Å²) in [6.07, 6.45) is 0. The summed E-state index contributed by atoms with van der Waals surface area (Å²) >= 11 is 1.87. The zero-order chi connectivity index (χ0) is 36.3. The number of nitrogens with zero attached hydrogens (tertiary/aromatic N) is 1. The van der Waals surface area contributed by atoms with E-state index < -0.39 is 0 Å². The predicted molar refractivity (Wildman–Crippen MR) is 235 cm³/mol. The third kappa shape index (κ3) is 5.32. The molecule has 55 heavy (non-hydrogen) atoms. The topological polar surface area (TPSA) is 16.4 Å². The summed E-state index contributed by atoms with van der Waals surface area (Å²) in [5.74, 6) is 0. The molecule has 11 aromatic rings. The van der Waals surface area contributed by atoms with Crippen molar-refractivity contribution in [3.05, 3.63) is 200 Å². The first kappa shape index (κ1) is 31.6. The lowest BCUT2D eigenvalue weighted by Gasteiger charge is -2.26. The van der Waals surface area contributed by atoms with Gasteiger partial charge in [0.05, 0.1) is 16.1 Å². The molecule has 3 heteroatoms. The minimum absolute atomic E-state index is 0.872. The Morgan fingerprint density at radius 2 is 1.00 bits per heavy atom. The van der Waals surface area contributed by atoms with Crippen molar-refractivity contribution >= 4 is 81.3 Å². The van der Waals surface area contributed by atoms with E-state index in [1.54, 1.807) is 0 Å². The van der Waals surface area contributed by atoms with Gasteiger partial charge in [-0.25, -0.2) is 0 Å². The number of rotatable bonds is 6. The van der Waals surface area contributed by atoms with Crippen molar-refractivity contribution in [1.29, 1.82) is 0 Å². The van der Waals surface area contributed by atoms with Crippen molar-refractivity contribution in [2.75, 3.05) is 4.90 Å². The number of furan rings is 1. The Hall–Kier alpha value is -6.94. The maximum Gasteiger partial charge on any atom is 0.159 e. The van der Waals surface area contributed by atoms with E-state index in [-0.39, 0.29) is 0 Å². The van der Waals surface area contributed by atoms with E-state index in [2.05, 4.69) is 199 Å². The molecule has 0 fully saturated rings. The highest BCUT2D eigenvalue weighted by molar-refractivity contribution is 7.27. The van der Waals surface area contributed by atoms with Gasteiger partial charge in [0, 0.05) is 37.5 Å². The van der Waals surface area contributed by atoms with Crippen LogP contribution in [-0.4, -0.2) is 0 Å². The van der Waals surface area contributed by atoms with Gasteiger partial charge in [0.1, 0.15) is 5.58 Å². The standard InChI is InChI=1S/C52H33NOS/c1-3-13-34(14-4-1)40-32-45(37-16-5-2-6-17-37)51-46(33-40)44-21-12-23-48(52(44)55-51)53(47-22-11-20-43-42-19-9-10-24-49(42)54-50(43)47)41-29-27-36(28-30-41)39-26-25-35-15-7-8-18-38(35)31-39/h1-33H. The second-order valence-electron chi connectivity index (χ2n) is 14.1. The van der Waals surface area contributed by atoms with E-state index in [4.69, 9.17) is 4.42 Å². The minimum atomic E-state index is 0.872. The Labute approximate surface area is 322 Å². The number of para-hydroxylation sites is 2. The maximum absolute atomic E-state index is 6.72. The first-order valence-corrected chi connectivity index (χ1v) is 19.5. The normalized spacial score (nSPS) is 11.6. The highest BCUT2D eigenvalue weighted by Gasteiger charge is 2.23. The Bertz CT molecular complexity index is 3190. The van der Waals surface area contributed by atoms with Crippen molar-refractivity contribution in [1.82, 2.24) is 0 Å². The molecule has 258 valence electrons. The van der Waals surface area contributed by atoms with Gasteiger partial charge in [-0.2, -0.15) is 0 Å². The zero-order valence-electron chi connectivity index (χ0n) is 29.8. The van der Waals surface area contributed by atoms with Crippen LogP contribution in [0.1, 0.15) is 0 Å². The van der Waals surface area contributed by atoms with Crippen molar-refractivity contribution in [3.8, 4) is 33.4 Å². The number of hydrogen-bond donors (Lipinski definition) is 0. The highest BCUT2D eigenvalue weighted by atomic mass is 32.1. The van der Waals surface area contributed by atoms with Gasteiger partial charge < -0.3 is 9.32 Å². The predicted octanol–water partition coefficient (Wildman–Crippen LogP) is 15.6. The summed E-state index contributed by atoms with van der Waals surface area (Å²) in [5.41, 5.74) is 12.2. The summed E-state index contributed by atoms with van der Waals surface area (Å²) in [4.78, 5) is 2.40. The smallest absolute Gasteiger partial charge is 0.159 e. The molecule has 2 aromatic heterocycles. The quantitative estimate of drug-likeness (QED) is 0.170. The van der Waals surface area contributed by atoms with E-state index in [0.29, 0.717) is 0 Å². The molecule has 2 heterocycles. The number of benzene rings is 9. The third-order valence-corrected chi connectivity index (χ3v) is 12.1. The van der Waals surface area contributed by atoms with Gasteiger partial charge in [-0.05, 0) is 87.1 Å². The Morgan fingerprint density at radius 3 is 1.82 bits per heavy atom. The fourth-order valence-corrected chi connectivity index (χ4v) is 9.50. The van der Waals surface area contributed by atoms with Crippen LogP contribution in [0.15, 0.2) is 205 Å². The lowest BCUT2D eigenvalue weighted by Crippen LogP contribution is -2.10. The summed E-state index contributed by atoms with van der Waals surface area (Å²) in [7, 11) is 0. The van der Waals surface area contributed by atoms with Crippen LogP contribution >= 0.6 is 11.3 Å². The molecule has 0 saturated heterocycles. The number of fused-ring (bicyclic) bond motifs is 7. The molecule has 9 aromatic carbocycles. The summed E-state index contributed by atoms with van der Waals surface area (Å²) < 4.78 is 9.22. The average molecular weight is 720 g/mol. The maximum atomic E-state index is 6.72. The van der Waals surface area contributed by atoms with Gasteiger partial charge >= 0.3 is 0 Å². The third-order valence-electron chi connectivity index (χ3n) is 10.8. The van der Waals surface area contributed by atoms with Gasteiger partial charge in [0.15, 0.2) is 5.58 Å². The molecule has 0 amide bonds. The van der Waals surface area contributed by atoms with Crippen molar-refractivity contribution in [3.63, 3.8) is 0 Å². The molecule has 0 saturated carbocycles.